The van der Waals surface area contributed by atoms with E-state index in [1.165, 1.54) is 6.92 Å². The zero-order valence-electron chi connectivity index (χ0n) is 9.99. The van der Waals surface area contributed by atoms with E-state index >= 15 is 0 Å². The monoisotopic (exact) mass is 244 g/mol. The van der Waals surface area contributed by atoms with Gasteiger partial charge < -0.3 is 9.15 Å². The highest BCUT2D eigenvalue weighted by Gasteiger charge is 2.21. The van der Waals surface area contributed by atoms with E-state index in [1.807, 2.05) is 12.1 Å². The summed E-state index contributed by atoms with van der Waals surface area (Å²) in [5, 5.41) is 1.47. The first-order valence-corrected chi connectivity index (χ1v) is 5.93. The van der Waals surface area contributed by atoms with Crippen LogP contribution < -0.4 is 10.4 Å². The van der Waals surface area contributed by atoms with Crippen molar-refractivity contribution < 1.29 is 13.9 Å². The molecule has 0 N–H and O–H groups in total. The molecule has 18 heavy (non-hydrogen) atoms. The first kappa shape index (κ1) is 11.0. The number of esters is 1. The molecule has 0 radical (unpaired) electrons. The number of carbonyl (C=O) groups excluding carboxylic acids is 1. The van der Waals surface area contributed by atoms with Gasteiger partial charge >= 0.3 is 11.6 Å². The number of carbonyl (C=O) groups is 1. The van der Waals surface area contributed by atoms with Crippen LogP contribution >= 0.6 is 0 Å². The van der Waals surface area contributed by atoms with Gasteiger partial charge in [-0.05, 0) is 30.9 Å². The van der Waals surface area contributed by atoms with Crippen molar-refractivity contribution in [3.8, 4) is 5.95 Å². The smallest absolute Gasteiger partial charge is 0.346 e. The van der Waals surface area contributed by atoms with E-state index in [0.717, 1.165) is 35.8 Å². The molecule has 4 nitrogen and oxygen atoms in total. The van der Waals surface area contributed by atoms with E-state index in [1.54, 1.807) is 6.07 Å². The average molecular weight is 244 g/mol. The molecular formula is C14H12O4. The summed E-state index contributed by atoms with van der Waals surface area (Å²) in [7, 11) is 0. The molecule has 0 amide bonds. The Balaban J connectivity index is 2.38. The second kappa shape index (κ2) is 3.98. The van der Waals surface area contributed by atoms with Gasteiger partial charge in [-0.1, -0.05) is 12.1 Å². The maximum Gasteiger partial charge on any atom is 0.346 e. The van der Waals surface area contributed by atoms with Crippen molar-refractivity contribution in [1.82, 2.24) is 0 Å². The minimum Gasteiger partial charge on any atom is -0.392 e. The van der Waals surface area contributed by atoms with Crippen molar-refractivity contribution in [3.63, 3.8) is 0 Å². The lowest BCUT2D eigenvalue weighted by atomic mass is 9.90. The number of benzene rings is 1. The standard InChI is InChI=1S/C14H12O4/c1-8(15)17-14-11-7-3-5-9-4-2-6-10(12(9)11)13(16)18-14/h2,4,6H,3,5,7H2,1H3. The van der Waals surface area contributed by atoms with Crippen LogP contribution in [-0.2, 0) is 17.6 Å². The fourth-order valence-electron chi connectivity index (χ4n) is 2.53. The van der Waals surface area contributed by atoms with Crippen LogP contribution in [0.4, 0.5) is 0 Å². The van der Waals surface area contributed by atoms with Gasteiger partial charge in [-0.25, -0.2) is 4.79 Å². The fourth-order valence-corrected chi connectivity index (χ4v) is 2.53. The third-order valence-corrected chi connectivity index (χ3v) is 3.21. The minimum atomic E-state index is -0.475. The topological polar surface area (TPSA) is 56.5 Å². The van der Waals surface area contributed by atoms with E-state index < -0.39 is 11.6 Å². The summed E-state index contributed by atoms with van der Waals surface area (Å²) in [5.41, 5.74) is 1.51. The second-order valence-electron chi connectivity index (χ2n) is 4.44. The van der Waals surface area contributed by atoms with Crippen molar-refractivity contribution in [2.45, 2.75) is 26.2 Å². The Kier molecular flexibility index (Phi) is 2.44. The van der Waals surface area contributed by atoms with E-state index in [-0.39, 0.29) is 5.95 Å². The third kappa shape index (κ3) is 1.61. The molecule has 0 saturated carbocycles. The van der Waals surface area contributed by atoms with Crippen molar-refractivity contribution in [2.24, 2.45) is 0 Å². The van der Waals surface area contributed by atoms with Crippen molar-refractivity contribution >= 4 is 16.7 Å². The lowest BCUT2D eigenvalue weighted by Gasteiger charge is -2.17. The van der Waals surface area contributed by atoms with Gasteiger partial charge in [0.25, 0.3) is 5.95 Å². The molecular weight excluding hydrogens is 232 g/mol. The molecule has 1 aliphatic carbocycles. The lowest BCUT2D eigenvalue weighted by Crippen LogP contribution is -2.13. The van der Waals surface area contributed by atoms with E-state index in [9.17, 15) is 9.59 Å². The van der Waals surface area contributed by atoms with Crippen LogP contribution in [-0.4, -0.2) is 5.97 Å². The van der Waals surface area contributed by atoms with E-state index in [0.29, 0.717) is 5.39 Å². The third-order valence-electron chi connectivity index (χ3n) is 3.21. The normalized spacial score (nSPS) is 13.6. The van der Waals surface area contributed by atoms with Gasteiger partial charge in [0.1, 0.15) is 0 Å². The van der Waals surface area contributed by atoms with Gasteiger partial charge in [0.05, 0.1) is 5.39 Å². The Hall–Kier alpha value is -2.10. The summed E-state index contributed by atoms with van der Waals surface area (Å²) in [6.07, 6.45) is 2.67. The maximum absolute atomic E-state index is 11.9. The van der Waals surface area contributed by atoms with Crippen LogP contribution in [0.25, 0.3) is 10.8 Å². The first-order valence-electron chi connectivity index (χ1n) is 5.93. The van der Waals surface area contributed by atoms with Gasteiger partial charge in [0.15, 0.2) is 0 Å². The molecule has 1 aliphatic rings. The number of hydrogen-bond acceptors (Lipinski definition) is 4. The highest BCUT2D eigenvalue weighted by molar-refractivity contribution is 5.90. The van der Waals surface area contributed by atoms with Gasteiger partial charge in [0, 0.05) is 17.9 Å². The lowest BCUT2D eigenvalue weighted by molar-refractivity contribution is -0.133. The van der Waals surface area contributed by atoms with Crippen LogP contribution in [0.1, 0.15) is 24.5 Å². The molecule has 0 saturated heterocycles. The molecule has 0 bridgehead atoms. The van der Waals surface area contributed by atoms with Crippen LogP contribution in [0.5, 0.6) is 5.95 Å². The fraction of sp³-hybridized carbons (Fsp3) is 0.286. The maximum atomic E-state index is 11.9. The van der Waals surface area contributed by atoms with Gasteiger partial charge in [-0.15, -0.1) is 0 Å². The van der Waals surface area contributed by atoms with Crippen LogP contribution in [0.2, 0.25) is 0 Å². The largest absolute Gasteiger partial charge is 0.392 e. The first-order chi connectivity index (χ1) is 8.66. The molecule has 0 aliphatic heterocycles. The second-order valence-corrected chi connectivity index (χ2v) is 4.44. The number of ether oxygens (including phenoxy) is 1. The van der Waals surface area contributed by atoms with Gasteiger partial charge in [0.2, 0.25) is 0 Å². The molecule has 0 atom stereocenters. The molecule has 1 aromatic heterocycles. The number of rotatable bonds is 1. The van der Waals surface area contributed by atoms with Crippen molar-refractivity contribution in [2.75, 3.05) is 0 Å². The zero-order valence-corrected chi connectivity index (χ0v) is 9.99. The van der Waals surface area contributed by atoms with Crippen LogP contribution in [0.15, 0.2) is 27.4 Å². The quantitative estimate of drug-likeness (QED) is 0.722. The van der Waals surface area contributed by atoms with Gasteiger partial charge in [-0.2, -0.15) is 0 Å². The summed E-state index contributed by atoms with van der Waals surface area (Å²) in [5.74, 6) is -0.413. The Morgan fingerprint density at radius 3 is 2.94 bits per heavy atom. The minimum absolute atomic E-state index is 0.0622. The highest BCUT2D eigenvalue weighted by Crippen LogP contribution is 2.33. The number of aryl methyl sites for hydroxylation is 2. The van der Waals surface area contributed by atoms with Crippen LogP contribution in [0, 0.1) is 0 Å². The predicted molar refractivity (Wildman–Crippen MR) is 65.8 cm³/mol. The molecule has 92 valence electrons. The molecule has 0 fully saturated rings. The number of hydrogen-bond donors (Lipinski definition) is 0. The molecule has 1 aromatic carbocycles. The molecule has 2 aromatic rings. The average Bonchev–Trinajstić information content (AvgIpc) is 2.34. The molecule has 1 heterocycles. The summed E-state index contributed by atoms with van der Waals surface area (Å²) in [6, 6.07) is 5.61. The Morgan fingerprint density at radius 2 is 2.17 bits per heavy atom. The Labute approximate surface area is 103 Å². The summed E-state index contributed by atoms with van der Waals surface area (Å²) < 4.78 is 10.1. The highest BCUT2D eigenvalue weighted by atomic mass is 16.6. The van der Waals surface area contributed by atoms with E-state index in [2.05, 4.69) is 0 Å². The summed E-state index contributed by atoms with van der Waals surface area (Å²) in [6.45, 7) is 1.30. The molecule has 0 unspecified atom stereocenters. The summed E-state index contributed by atoms with van der Waals surface area (Å²) in [4.78, 5) is 22.9. The van der Waals surface area contributed by atoms with Gasteiger partial charge in [-0.3, -0.25) is 4.79 Å². The molecule has 0 spiro atoms. The van der Waals surface area contributed by atoms with Crippen LogP contribution in [0.3, 0.4) is 0 Å². The zero-order chi connectivity index (χ0) is 12.7. The summed E-state index contributed by atoms with van der Waals surface area (Å²) >= 11 is 0. The SMILES string of the molecule is CC(=O)Oc1oc(=O)c2cccc3c2c1CCC3. The molecule has 3 rings (SSSR count). The predicted octanol–water partition coefficient (Wildman–Crippen LogP) is 2.21. The Morgan fingerprint density at radius 1 is 1.33 bits per heavy atom. The van der Waals surface area contributed by atoms with E-state index in [4.69, 9.17) is 9.15 Å². The van der Waals surface area contributed by atoms with Crippen molar-refractivity contribution in [1.29, 1.82) is 0 Å². The Bertz CT molecular complexity index is 697. The molecule has 4 heteroatoms. The van der Waals surface area contributed by atoms with Crippen molar-refractivity contribution in [3.05, 3.63) is 39.7 Å².